The molecule has 0 unspecified atom stereocenters. The lowest BCUT2D eigenvalue weighted by Gasteiger charge is -2.20. The number of aromatic nitrogens is 2. The lowest BCUT2D eigenvalue weighted by atomic mass is 9.95. The van der Waals surface area contributed by atoms with Gasteiger partial charge in [0.15, 0.2) is 23.1 Å². The van der Waals surface area contributed by atoms with Gasteiger partial charge in [0.25, 0.3) is 5.91 Å². The number of nitrogens with one attached hydrogen (secondary N) is 2. The number of halogens is 1. The summed E-state index contributed by atoms with van der Waals surface area (Å²) in [6.45, 7) is 7.52. The molecule has 2 atom stereocenters. The molecule has 2 amide bonds. The number of thiophene rings is 1. The smallest absolute Gasteiger partial charge is 0.325 e. The Morgan fingerprint density at radius 2 is 1.65 bits per heavy atom. The zero-order valence-electron chi connectivity index (χ0n) is 28.2. The van der Waals surface area contributed by atoms with Crippen LogP contribution in [0.1, 0.15) is 73.5 Å². The zero-order valence-corrected chi connectivity index (χ0v) is 29.0. The molecule has 0 radical (unpaired) electrons. The maximum atomic E-state index is 15.7. The maximum Gasteiger partial charge on any atom is 0.325 e. The Labute approximate surface area is 289 Å². The van der Waals surface area contributed by atoms with E-state index in [1.54, 1.807) is 54.9 Å². The van der Waals surface area contributed by atoms with Gasteiger partial charge >= 0.3 is 5.97 Å². The molecule has 2 aromatic heterocycles. The van der Waals surface area contributed by atoms with Gasteiger partial charge in [-0.25, -0.2) is 14.4 Å². The highest BCUT2D eigenvalue weighted by Crippen LogP contribution is 2.39. The Kier molecular flexibility index (Phi) is 11.0. The number of carbonyl (C=O) groups is 3. The van der Waals surface area contributed by atoms with E-state index in [9.17, 15) is 19.5 Å². The van der Waals surface area contributed by atoms with E-state index in [-0.39, 0.29) is 23.7 Å². The third-order valence-corrected chi connectivity index (χ3v) is 9.91. The Hall–Kier alpha value is -4.84. The molecular formula is C37H41FN4O6S. The molecule has 4 aromatic rings. The minimum absolute atomic E-state index is 0.0443. The summed E-state index contributed by atoms with van der Waals surface area (Å²) in [6, 6.07) is 11.9. The molecule has 1 aliphatic carbocycles. The summed E-state index contributed by atoms with van der Waals surface area (Å²) in [4.78, 5) is 48.2. The summed E-state index contributed by atoms with van der Waals surface area (Å²) in [6.07, 6.45) is 7.04. The van der Waals surface area contributed by atoms with Crippen molar-refractivity contribution in [2.75, 3.05) is 7.11 Å². The number of carbonyl (C=O) groups excluding carboxylic acids is 2. The second-order valence-electron chi connectivity index (χ2n) is 13.2. The minimum Gasteiger partial charge on any atom is -0.493 e. The van der Waals surface area contributed by atoms with Crippen LogP contribution in [0.2, 0.25) is 0 Å². The molecule has 1 aliphatic rings. The van der Waals surface area contributed by atoms with Crippen LogP contribution in [0.4, 0.5) is 4.39 Å². The van der Waals surface area contributed by atoms with Crippen LogP contribution in [0, 0.1) is 5.82 Å². The topological polar surface area (TPSA) is 140 Å². The predicted molar refractivity (Wildman–Crippen MR) is 186 cm³/mol. The van der Waals surface area contributed by atoms with Gasteiger partial charge in [-0.3, -0.25) is 14.4 Å². The third-order valence-electron chi connectivity index (χ3n) is 8.40. The van der Waals surface area contributed by atoms with Gasteiger partial charge in [0.05, 0.1) is 18.1 Å². The lowest BCUT2D eigenvalue weighted by molar-refractivity contribution is -0.141. The van der Waals surface area contributed by atoms with Gasteiger partial charge in [-0.1, -0.05) is 45.0 Å². The second kappa shape index (κ2) is 15.1. The molecule has 2 aromatic carbocycles. The third kappa shape index (κ3) is 8.61. The monoisotopic (exact) mass is 688 g/mol. The molecule has 1 fully saturated rings. The number of hydrogen-bond acceptors (Lipinski definition) is 8. The van der Waals surface area contributed by atoms with Crippen molar-refractivity contribution in [2.24, 2.45) is 0 Å². The van der Waals surface area contributed by atoms with Crippen molar-refractivity contribution in [3.63, 3.8) is 0 Å². The fraction of sp³-hybridized carbons (Fsp3) is 0.378. The van der Waals surface area contributed by atoms with Crippen molar-refractivity contribution in [3.8, 4) is 34.0 Å². The summed E-state index contributed by atoms with van der Waals surface area (Å²) in [7, 11) is 1.48. The number of carboxylic acid groups (broad SMARTS) is 1. The average Bonchev–Trinajstić information content (AvgIpc) is 3.79. The van der Waals surface area contributed by atoms with E-state index in [0.717, 1.165) is 36.1 Å². The molecule has 1 saturated carbocycles. The summed E-state index contributed by atoms with van der Waals surface area (Å²) in [5.74, 6) is -1.89. The molecule has 3 N–H and O–H groups in total. The molecule has 0 saturated heterocycles. The minimum atomic E-state index is -1.19. The molecular weight excluding hydrogens is 647 g/mol. The highest BCUT2D eigenvalue weighted by Gasteiger charge is 2.27. The second-order valence-corrected chi connectivity index (χ2v) is 14.3. The van der Waals surface area contributed by atoms with E-state index in [4.69, 9.17) is 9.47 Å². The van der Waals surface area contributed by atoms with Gasteiger partial charge in [-0.15, -0.1) is 11.3 Å². The van der Waals surface area contributed by atoms with E-state index in [2.05, 4.69) is 41.4 Å². The molecule has 0 spiro atoms. The van der Waals surface area contributed by atoms with Crippen molar-refractivity contribution in [3.05, 3.63) is 82.1 Å². The van der Waals surface area contributed by atoms with Crippen LogP contribution in [0.5, 0.6) is 11.5 Å². The van der Waals surface area contributed by atoms with Crippen molar-refractivity contribution in [1.29, 1.82) is 0 Å². The molecule has 0 aliphatic heterocycles. The SMILES string of the molecule is COc1ccc(-c2cnc(-c3ccc(C[C@H](NC(=O)c4ccc(C(C)(C)C)s4)C(=O)N[C@H](C)C(=O)O)cc3)nc2)c(F)c1OC1CCCC1. The largest absolute Gasteiger partial charge is 0.493 e. The van der Waals surface area contributed by atoms with E-state index in [1.807, 2.05) is 6.07 Å². The first-order valence-corrected chi connectivity index (χ1v) is 17.0. The molecule has 0 bridgehead atoms. The van der Waals surface area contributed by atoms with E-state index in [0.29, 0.717) is 33.1 Å². The number of ether oxygens (including phenoxy) is 2. The van der Waals surface area contributed by atoms with Crippen molar-refractivity contribution >= 4 is 29.1 Å². The first-order chi connectivity index (χ1) is 23.3. The molecule has 12 heteroatoms. The number of nitrogens with zero attached hydrogens (tertiary/aromatic N) is 2. The fourth-order valence-corrected chi connectivity index (χ4v) is 6.49. The van der Waals surface area contributed by atoms with Crippen LogP contribution in [0.25, 0.3) is 22.5 Å². The van der Waals surface area contributed by atoms with Crippen LogP contribution in [-0.4, -0.2) is 58.2 Å². The maximum absolute atomic E-state index is 15.7. The van der Waals surface area contributed by atoms with Crippen LogP contribution >= 0.6 is 11.3 Å². The summed E-state index contributed by atoms with van der Waals surface area (Å²) in [5.41, 5.74) is 2.06. The fourth-order valence-electron chi connectivity index (χ4n) is 5.52. The number of rotatable bonds is 12. The van der Waals surface area contributed by atoms with Gasteiger partial charge in [0.2, 0.25) is 5.91 Å². The molecule has 10 nitrogen and oxygen atoms in total. The number of aliphatic carboxylic acids is 1. The highest BCUT2D eigenvalue weighted by atomic mass is 32.1. The first kappa shape index (κ1) is 35.5. The Bertz CT molecular complexity index is 1800. The average molecular weight is 689 g/mol. The number of methoxy groups -OCH3 is 1. The van der Waals surface area contributed by atoms with Crippen molar-refractivity contribution in [1.82, 2.24) is 20.6 Å². The Morgan fingerprint density at radius 3 is 2.24 bits per heavy atom. The molecule has 2 heterocycles. The van der Waals surface area contributed by atoms with Crippen LogP contribution in [0.15, 0.2) is 60.9 Å². The van der Waals surface area contributed by atoms with E-state index in [1.165, 1.54) is 25.4 Å². The van der Waals surface area contributed by atoms with Gasteiger partial charge in [0.1, 0.15) is 12.1 Å². The van der Waals surface area contributed by atoms with Crippen LogP contribution in [-0.2, 0) is 21.4 Å². The summed E-state index contributed by atoms with van der Waals surface area (Å²) in [5, 5.41) is 14.6. The Morgan fingerprint density at radius 1 is 0.980 bits per heavy atom. The van der Waals surface area contributed by atoms with Crippen LogP contribution in [0.3, 0.4) is 0 Å². The normalized spacial score (nSPS) is 14.6. The van der Waals surface area contributed by atoms with Gasteiger partial charge < -0.3 is 25.2 Å². The highest BCUT2D eigenvalue weighted by molar-refractivity contribution is 7.14. The lowest BCUT2D eigenvalue weighted by Crippen LogP contribution is -2.51. The van der Waals surface area contributed by atoms with Crippen molar-refractivity contribution < 1.29 is 33.4 Å². The molecule has 5 rings (SSSR count). The number of carboxylic acids is 1. The van der Waals surface area contributed by atoms with Crippen molar-refractivity contribution in [2.45, 2.75) is 83.4 Å². The van der Waals surface area contributed by atoms with Crippen LogP contribution < -0.4 is 20.1 Å². The van der Waals surface area contributed by atoms with Gasteiger partial charge in [0, 0.05) is 40.4 Å². The van der Waals surface area contributed by atoms with Gasteiger partial charge in [-0.2, -0.15) is 0 Å². The number of amides is 2. The standard InChI is InChI=1S/C37H41FN4O6S/c1-21(36(45)46)41-34(43)27(42-35(44)29-16-17-30(49-29)37(2,3)4)18-22-10-12-23(13-11-22)33-39-19-24(20-40-33)26-14-15-28(47-5)32(31(26)38)48-25-8-6-7-9-25/h10-17,19-21,25,27H,6-9,18H2,1-5H3,(H,41,43)(H,42,44)(H,45,46)/t21-,27+/m1/s1. The zero-order chi connectivity index (χ0) is 35.3. The molecule has 258 valence electrons. The molecule has 49 heavy (non-hydrogen) atoms. The summed E-state index contributed by atoms with van der Waals surface area (Å²) >= 11 is 1.35. The van der Waals surface area contributed by atoms with E-state index >= 15 is 4.39 Å². The Balaban J connectivity index is 1.31. The summed E-state index contributed by atoms with van der Waals surface area (Å²) < 4.78 is 27.1. The quantitative estimate of drug-likeness (QED) is 0.152. The number of hydrogen-bond donors (Lipinski definition) is 3. The van der Waals surface area contributed by atoms with Gasteiger partial charge in [-0.05, 0) is 67.9 Å². The first-order valence-electron chi connectivity index (χ1n) is 16.2. The number of benzene rings is 2. The van der Waals surface area contributed by atoms with E-state index < -0.39 is 35.7 Å². The predicted octanol–water partition coefficient (Wildman–Crippen LogP) is 6.57.